The number of methoxy groups -OCH3 is 1. The van der Waals surface area contributed by atoms with E-state index in [0.717, 1.165) is 29.9 Å². The van der Waals surface area contributed by atoms with Crippen molar-refractivity contribution in [3.63, 3.8) is 0 Å². The van der Waals surface area contributed by atoms with E-state index in [-0.39, 0.29) is 6.61 Å². The minimum atomic E-state index is -0.512. The number of alkyl carbamates (subject to hydrolysis) is 1. The number of carbonyl (C=O) groups is 2. The molecule has 1 heterocycles. The van der Waals surface area contributed by atoms with E-state index in [1.807, 2.05) is 58.2 Å². The van der Waals surface area contributed by atoms with E-state index >= 15 is 0 Å². The molecule has 0 saturated heterocycles. The van der Waals surface area contributed by atoms with Crippen molar-refractivity contribution < 1.29 is 33.3 Å². The predicted molar refractivity (Wildman–Crippen MR) is 145 cm³/mol. The van der Waals surface area contributed by atoms with Gasteiger partial charge in [-0.15, -0.1) is 0 Å². The molecule has 1 aromatic carbocycles. The molecule has 0 aliphatic rings. The van der Waals surface area contributed by atoms with Crippen molar-refractivity contribution in [2.75, 3.05) is 59.1 Å². The molecule has 210 valence electrons. The quantitative estimate of drug-likeness (QED) is 0.245. The fraction of sp³-hybridized carbons (Fsp3) is 0.536. The minimum absolute atomic E-state index is 0.277. The maximum Gasteiger partial charge on any atom is 0.407 e. The summed E-state index contributed by atoms with van der Waals surface area (Å²) in [6.07, 6.45) is 1.75. The lowest BCUT2D eigenvalue weighted by Gasteiger charge is -2.19. The van der Waals surface area contributed by atoms with Crippen molar-refractivity contribution >= 4 is 17.9 Å². The van der Waals surface area contributed by atoms with Gasteiger partial charge >= 0.3 is 12.1 Å². The Morgan fingerprint density at radius 2 is 1.68 bits per heavy atom. The van der Waals surface area contributed by atoms with Crippen LogP contribution in [0.15, 0.2) is 36.4 Å². The summed E-state index contributed by atoms with van der Waals surface area (Å²) in [6, 6.07) is 11.4. The van der Waals surface area contributed by atoms with Gasteiger partial charge in [-0.2, -0.15) is 0 Å². The average Bonchev–Trinajstić information content (AvgIpc) is 2.89. The molecule has 0 unspecified atom stereocenters. The fourth-order valence-corrected chi connectivity index (χ4v) is 3.36. The SMILES string of the molecule is CNc1cccc(CCc2ccc(C(=O)OC)c(OCCOCCOCCCNC(=O)OC(C)(C)C)c2)n1. The largest absolute Gasteiger partial charge is 0.490 e. The first-order valence-electron chi connectivity index (χ1n) is 12.8. The highest BCUT2D eigenvalue weighted by atomic mass is 16.6. The van der Waals surface area contributed by atoms with Crippen molar-refractivity contribution in [1.29, 1.82) is 0 Å². The first-order valence-corrected chi connectivity index (χ1v) is 12.8. The lowest BCUT2D eigenvalue weighted by atomic mass is 10.0. The zero-order valence-corrected chi connectivity index (χ0v) is 23.1. The predicted octanol–water partition coefficient (Wildman–Crippen LogP) is 4.02. The summed E-state index contributed by atoms with van der Waals surface area (Å²) in [4.78, 5) is 28.3. The van der Waals surface area contributed by atoms with Crippen LogP contribution in [0.5, 0.6) is 5.75 Å². The number of hydrogen-bond donors (Lipinski definition) is 2. The second kappa shape index (κ2) is 16.5. The van der Waals surface area contributed by atoms with E-state index in [9.17, 15) is 9.59 Å². The molecule has 2 N–H and O–H groups in total. The number of pyridine rings is 1. The maximum atomic E-state index is 12.2. The second-order valence-electron chi connectivity index (χ2n) is 9.44. The Balaban J connectivity index is 1.68. The van der Waals surface area contributed by atoms with Gasteiger partial charge in [0.15, 0.2) is 0 Å². The highest BCUT2D eigenvalue weighted by Gasteiger charge is 2.16. The molecule has 1 amide bonds. The molecule has 0 spiro atoms. The van der Waals surface area contributed by atoms with Crippen LogP contribution in [0.3, 0.4) is 0 Å². The summed E-state index contributed by atoms with van der Waals surface area (Å²) < 4.78 is 27.0. The number of aromatic nitrogens is 1. The second-order valence-corrected chi connectivity index (χ2v) is 9.44. The fourth-order valence-electron chi connectivity index (χ4n) is 3.36. The van der Waals surface area contributed by atoms with Gasteiger partial charge in [0.05, 0.1) is 26.9 Å². The molecule has 10 heteroatoms. The number of carbonyl (C=O) groups excluding carboxylic acids is 2. The van der Waals surface area contributed by atoms with E-state index in [2.05, 4.69) is 15.6 Å². The van der Waals surface area contributed by atoms with Crippen LogP contribution < -0.4 is 15.4 Å². The summed E-state index contributed by atoms with van der Waals surface area (Å²) in [5, 5.41) is 5.73. The molecule has 0 aliphatic carbocycles. The monoisotopic (exact) mass is 531 g/mol. The number of esters is 1. The van der Waals surface area contributed by atoms with Crippen LogP contribution in [0.4, 0.5) is 10.6 Å². The number of amides is 1. The summed E-state index contributed by atoms with van der Waals surface area (Å²) in [5.41, 5.74) is 1.86. The highest BCUT2D eigenvalue weighted by Crippen LogP contribution is 2.23. The molecule has 10 nitrogen and oxygen atoms in total. The molecule has 0 atom stereocenters. The van der Waals surface area contributed by atoms with Crippen molar-refractivity contribution in [2.24, 2.45) is 0 Å². The third-order valence-electron chi connectivity index (χ3n) is 5.17. The lowest BCUT2D eigenvalue weighted by Crippen LogP contribution is -2.33. The van der Waals surface area contributed by atoms with Crippen LogP contribution in [0, 0.1) is 0 Å². The number of hydrogen-bond acceptors (Lipinski definition) is 9. The van der Waals surface area contributed by atoms with Crippen LogP contribution in [-0.2, 0) is 31.8 Å². The average molecular weight is 532 g/mol. The van der Waals surface area contributed by atoms with Crippen LogP contribution in [0.25, 0.3) is 0 Å². The van der Waals surface area contributed by atoms with Crippen LogP contribution in [-0.4, -0.2) is 76.4 Å². The van der Waals surface area contributed by atoms with Gasteiger partial charge in [0.1, 0.15) is 29.3 Å². The van der Waals surface area contributed by atoms with E-state index in [1.54, 1.807) is 6.07 Å². The molecular weight excluding hydrogens is 490 g/mol. The van der Waals surface area contributed by atoms with Gasteiger partial charge in [-0.3, -0.25) is 0 Å². The summed E-state index contributed by atoms with van der Waals surface area (Å²) in [6.45, 7) is 7.89. The molecule has 2 aromatic rings. The highest BCUT2D eigenvalue weighted by molar-refractivity contribution is 5.92. The first-order chi connectivity index (χ1) is 18.2. The Morgan fingerprint density at radius 3 is 2.39 bits per heavy atom. The molecule has 0 saturated carbocycles. The molecule has 0 aliphatic heterocycles. The van der Waals surface area contributed by atoms with Crippen LogP contribution in [0.1, 0.15) is 48.8 Å². The number of rotatable bonds is 16. The van der Waals surface area contributed by atoms with Crippen molar-refractivity contribution in [2.45, 2.75) is 45.6 Å². The van der Waals surface area contributed by atoms with Gasteiger partial charge in [0, 0.05) is 25.9 Å². The van der Waals surface area contributed by atoms with E-state index in [4.69, 9.17) is 23.7 Å². The minimum Gasteiger partial charge on any atom is -0.490 e. The van der Waals surface area contributed by atoms with E-state index < -0.39 is 17.7 Å². The van der Waals surface area contributed by atoms with Gasteiger partial charge in [-0.1, -0.05) is 12.1 Å². The standard InChI is InChI=1S/C28H41N3O7/c1-28(2,3)38-27(33)30-14-7-15-35-16-17-36-18-19-37-24-20-21(11-13-23(24)26(32)34-5)10-12-22-8-6-9-25(29-4)31-22/h6,8-9,11,13,20H,7,10,12,14-19H2,1-5H3,(H,29,31)(H,30,33). The topological polar surface area (TPSA) is 117 Å². The number of nitrogens with one attached hydrogen (secondary N) is 2. The first kappa shape index (κ1) is 30.9. The van der Waals surface area contributed by atoms with Gasteiger partial charge in [-0.05, 0) is 69.9 Å². The Hall–Kier alpha value is -3.37. The summed E-state index contributed by atoms with van der Waals surface area (Å²) in [7, 11) is 3.18. The lowest BCUT2D eigenvalue weighted by molar-refractivity contribution is 0.0342. The Bertz CT molecular complexity index is 1010. The third-order valence-corrected chi connectivity index (χ3v) is 5.17. The Kier molecular flexibility index (Phi) is 13.4. The zero-order valence-electron chi connectivity index (χ0n) is 23.1. The van der Waals surface area contributed by atoms with Crippen LogP contribution in [0.2, 0.25) is 0 Å². The van der Waals surface area contributed by atoms with E-state index in [1.165, 1.54) is 7.11 Å². The Morgan fingerprint density at radius 1 is 0.947 bits per heavy atom. The number of nitrogens with zero attached hydrogens (tertiary/aromatic N) is 1. The maximum absolute atomic E-state index is 12.2. The van der Waals surface area contributed by atoms with E-state index in [0.29, 0.717) is 50.7 Å². The van der Waals surface area contributed by atoms with Gasteiger partial charge in [-0.25, -0.2) is 14.6 Å². The molecule has 0 radical (unpaired) electrons. The third kappa shape index (κ3) is 12.2. The smallest absolute Gasteiger partial charge is 0.407 e. The molecule has 0 bridgehead atoms. The van der Waals surface area contributed by atoms with Gasteiger partial charge in [0.2, 0.25) is 0 Å². The summed E-state index contributed by atoms with van der Waals surface area (Å²) in [5.74, 6) is 0.835. The van der Waals surface area contributed by atoms with Crippen molar-refractivity contribution in [1.82, 2.24) is 10.3 Å². The van der Waals surface area contributed by atoms with Crippen molar-refractivity contribution in [3.8, 4) is 5.75 Å². The van der Waals surface area contributed by atoms with Crippen LogP contribution >= 0.6 is 0 Å². The van der Waals surface area contributed by atoms with Crippen molar-refractivity contribution in [3.05, 3.63) is 53.2 Å². The molecule has 2 rings (SSSR count). The number of anilines is 1. The normalized spacial score (nSPS) is 11.1. The summed E-state index contributed by atoms with van der Waals surface area (Å²) >= 11 is 0. The molecule has 1 aromatic heterocycles. The molecule has 0 fully saturated rings. The number of ether oxygens (including phenoxy) is 5. The number of benzene rings is 1. The number of aryl methyl sites for hydroxylation is 2. The Labute approximate surface area is 225 Å². The molecular formula is C28H41N3O7. The zero-order chi connectivity index (χ0) is 27.8. The van der Waals surface area contributed by atoms with Gasteiger partial charge in [0.25, 0.3) is 0 Å². The molecule has 38 heavy (non-hydrogen) atoms. The van der Waals surface area contributed by atoms with Gasteiger partial charge < -0.3 is 34.3 Å².